The Hall–Kier alpha value is -1.39. The van der Waals surface area contributed by atoms with E-state index >= 15 is 0 Å². The van der Waals surface area contributed by atoms with Crippen molar-refractivity contribution in [2.24, 2.45) is 0 Å². The number of rotatable bonds is 3. The molecular formula is C14H13NOS2. The first-order chi connectivity index (χ1) is 8.61. The predicted octanol–water partition coefficient (Wildman–Crippen LogP) is 3.38. The zero-order chi connectivity index (χ0) is 13.1. The highest BCUT2D eigenvalue weighted by Crippen LogP contribution is 2.32. The molecule has 0 N–H and O–H groups in total. The fraction of sp³-hybridized carbons (Fsp3) is 0.143. The van der Waals surface area contributed by atoms with Gasteiger partial charge in [-0.3, -0.25) is 9.69 Å². The van der Waals surface area contributed by atoms with E-state index in [-0.39, 0.29) is 5.91 Å². The van der Waals surface area contributed by atoms with Crippen LogP contribution in [0.15, 0.2) is 41.8 Å². The summed E-state index contributed by atoms with van der Waals surface area (Å²) in [5.74, 6) is -0.0366. The Labute approximate surface area is 116 Å². The van der Waals surface area contributed by atoms with Crippen LogP contribution >= 0.6 is 24.0 Å². The number of carbonyl (C=O) groups is 1. The second-order valence-electron chi connectivity index (χ2n) is 3.99. The van der Waals surface area contributed by atoms with Crippen molar-refractivity contribution in [1.29, 1.82) is 0 Å². The molecule has 0 bridgehead atoms. The van der Waals surface area contributed by atoms with Crippen LogP contribution in [0.5, 0.6) is 0 Å². The minimum atomic E-state index is -0.0366. The van der Waals surface area contributed by atoms with Gasteiger partial charge in [-0.15, -0.1) is 6.58 Å². The molecule has 1 heterocycles. The highest BCUT2D eigenvalue weighted by Gasteiger charge is 2.30. The van der Waals surface area contributed by atoms with E-state index in [0.29, 0.717) is 15.8 Å². The average molecular weight is 275 g/mol. The molecule has 4 heteroatoms. The van der Waals surface area contributed by atoms with Crippen molar-refractivity contribution in [3.8, 4) is 0 Å². The van der Waals surface area contributed by atoms with Gasteiger partial charge in [-0.1, -0.05) is 59.9 Å². The lowest BCUT2D eigenvalue weighted by Crippen LogP contribution is -2.27. The monoisotopic (exact) mass is 275 g/mol. The summed E-state index contributed by atoms with van der Waals surface area (Å²) in [6, 6.07) is 8.04. The SMILES string of the molecule is C=CCN1C(=O)/C(=C/c2ccc(C)cc2)SC1=S. The second-order valence-corrected chi connectivity index (χ2v) is 5.67. The van der Waals surface area contributed by atoms with Gasteiger partial charge in [0.25, 0.3) is 5.91 Å². The fourth-order valence-corrected chi connectivity index (χ4v) is 2.88. The van der Waals surface area contributed by atoms with E-state index in [9.17, 15) is 4.79 Å². The van der Waals surface area contributed by atoms with Crippen molar-refractivity contribution in [2.75, 3.05) is 6.54 Å². The van der Waals surface area contributed by atoms with E-state index in [1.807, 2.05) is 37.3 Å². The topological polar surface area (TPSA) is 20.3 Å². The van der Waals surface area contributed by atoms with Crippen LogP contribution in [0.4, 0.5) is 0 Å². The number of nitrogens with zero attached hydrogens (tertiary/aromatic N) is 1. The van der Waals surface area contributed by atoms with Gasteiger partial charge in [-0.05, 0) is 18.6 Å². The Bertz CT molecular complexity index is 531. The van der Waals surface area contributed by atoms with Crippen LogP contribution in [0.1, 0.15) is 11.1 Å². The molecule has 0 unspecified atom stereocenters. The number of aryl methyl sites for hydroxylation is 1. The Kier molecular flexibility index (Phi) is 3.99. The third-order valence-corrected chi connectivity index (χ3v) is 3.94. The standard InChI is InChI=1S/C14H13NOS2/c1-3-8-15-13(16)12(18-14(15)17)9-11-6-4-10(2)5-7-11/h3-7,9H,1,8H2,2H3/b12-9-. The molecule has 1 saturated heterocycles. The smallest absolute Gasteiger partial charge is 0.266 e. The van der Waals surface area contributed by atoms with Crippen LogP contribution in [0, 0.1) is 6.92 Å². The van der Waals surface area contributed by atoms with Crippen LogP contribution in [0.3, 0.4) is 0 Å². The molecule has 1 aromatic carbocycles. The van der Waals surface area contributed by atoms with Gasteiger partial charge >= 0.3 is 0 Å². The summed E-state index contributed by atoms with van der Waals surface area (Å²) in [5.41, 5.74) is 2.21. The maximum Gasteiger partial charge on any atom is 0.266 e. The molecule has 2 nitrogen and oxygen atoms in total. The quantitative estimate of drug-likeness (QED) is 0.479. The average Bonchev–Trinajstić information content (AvgIpc) is 2.60. The summed E-state index contributed by atoms with van der Waals surface area (Å²) < 4.78 is 0.596. The highest BCUT2D eigenvalue weighted by molar-refractivity contribution is 8.26. The molecule has 0 saturated carbocycles. The van der Waals surface area contributed by atoms with Crippen LogP contribution in [-0.2, 0) is 4.79 Å². The Morgan fingerprint density at radius 3 is 2.67 bits per heavy atom. The molecule has 0 atom stereocenters. The molecule has 1 fully saturated rings. The van der Waals surface area contributed by atoms with Crippen LogP contribution in [-0.4, -0.2) is 21.7 Å². The van der Waals surface area contributed by atoms with Crippen molar-refractivity contribution < 1.29 is 4.79 Å². The van der Waals surface area contributed by atoms with E-state index < -0.39 is 0 Å². The van der Waals surface area contributed by atoms with Crippen LogP contribution in [0.25, 0.3) is 6.08 Å². The molecular weight excluding hydrogens is 262 g/mol. The summed E-state index contributed by atoms with van der Waals surface area (Å²) in [4.78, 5) is 14.3. The molecule has 1 aliphatic heterocycles. The third-order valence-electron chi connectivity index (χ3n) is 2.56. The Morgan fingerprint density at radius 2 is 2.06 bits per heavy atom. The third kappa shape index (κ3) is 2.71. The van der Waals surface area contributed by atoms with Crippen LogP contribution in [0.2, 0.25) is 0 Å². The Morgan fingerprint density at radius 1 is 1.39 bits per heavy atom. The van der Waals surface area contributed by atoms with E-state index in [2.05, 4.69) is 6.58 Å². The largest absolute Gasteiger partial charge is 0.289 e. The molecule has 0 aromatic heterocycles. The van der Waals surface area contributed by atoms with E-state index in [1.165, 1.54) is 17.3 Å². The maximum atomic E-state index is 12.1. The van der Waals surface area contributed by atoms with Crippen molar-refractivity contribution in [3.05, 3.63) is 53.0 Å². The minimum absolute atomic E-state index is 0.0366. The predicted molar refractivity (Wildman–Crippen MR) is 81.3 cm³/mol. The molecule has 92 valence electrons. The molecule has 2 rings (SSSR count). The number of hydrogen-bond donors (Lipinski definition) is 0. The van der Waals surface area contributed by atoms with Gasteiger partial charge in [0.05, 0.1) is 4.91 Å². The van der Waals surface area contributed by atoms with Gasteiger partial charge in [-0.25, -0.2) is 0 Å². The minimum Gasteiger partial charge on any atom is -0.289 e. The lowest BCUT2D eigenvalue weighted by Gasteiger charge is -2.10. The summed E-state index contributed by atoms with van der Waals surface area (Å²) in [6.45, 7) is 6.13. The second kappa shape index (κ2) is 5.50. The van der Waals surface area contributed by atoms with Crippen molar-refractivity contribution >= 4 is 40.3 Å². The number of thiocarbonyl (C=S) groups is 1. The molecule has 1 amide bonds. The van der Waals surface area contributed by atoms with E-state index in [1.54, 1.807) is 11.0 Å². The van der Waals surface area contributed by atoms with Gasteiger partial charge < -0.3 is 0 Å². The Balaban J connectivity index is 2.24. The number of carbonyl (C=O) groups excluding carboxylic acids is 1. The molecule has 1 aromatic rings. The number of hydrogen-bond acceptors (Lipinski definition) is 3. The molecule has 0 aliphatic carbocycles. The normalized spacial score (nSPS) is 17.6. The zero-order valence-electron chi connectivity index (χ0n) is 10.1. The van der Waals surface area contributed by atoms with Crippen molar-refractivity contribution in [3.63, 3.8) is 0 Å². The summed E-state index contributed by atoms with van der Waals surface area (Å²) in [6.07, 6.45) is 3.56. The van der Waals surface area contributed by atoms with Crippen LogP contribution < -0.4 is 0 Å². The molecule has 1 aliphatic rings. The lowest BCUT2D eigenvalue weighted by atomic mass is 10.1. The zero-order valence-corrected chi connectivity index (χ0v) is 11.7. The summed E-state index contributed by atoms with van der Waals surface area (Å²) in [5, 5.41) is 0. The first kappa shape index (κ1) is 13.1. The molecule has 0 spiro atoms. The summed E-state index contributed by atoms with van der Waals surface area (Å²) in [7, 11) is 0. The first-order valence-corrected chi connectivity index (χ1v) is 6.77. The van der Waals surface area contributed by atoms with Gasteiger partial charge in [-0.2, -0.15) is 0 Å². The maximum absolute atomic E-state index is 12.1. The first-order valence-electron chi connectivity index (χ1n) is 5.55. The van der Waals surface area contributed by atoms with E-state index in [4.69, 9.17) is 12.2 Å². The van der Waals surface area contributed by atoms with Gasteiger partial charge in [0.1, 0.15) is 4.32 Å². The lowest BCUT2D eigenvalue weighted by molar-refractivity contribution is -0.121. The fourth-order valence-electron chi connectivity index (χ4n) is 1.60. The van der Waals surface area contributed by atoms with E-state index in [0.717, 1.165) is 5.56 Å². The van der Waals surface area contributed by atoms with Gasteiger partial charge in [0.15, 0.2) is 0 Å². The molecule has 0 radical (unpaired) electrons. The number of amides is 1. The van der Waals surface area contributed by atoms with Gasteiger partial charge in [0, 0.05) is 6.54 Å². The number of thioether (sulfide) groups is 1. The van der Waals surface area contributed by atoms with Gasteiger partial charge in [0.2, 0.25) is 0 Å². The number of benzene rings is 1. The summed E-state index contributed by atoms with van der Waals surface area (Å²) >= 11 is 6.52. The van der Waals surface area contributed by atoms with Crippen molar-refractivity contribution in [2.45, 2.75) is 6.92 Å². The van der Waals surface area contributed by atoms with Crippen molar-refractivity contribution in [1.82, 2.24) is 4.90 Å². The highest BCUT2D eigenvalue weighted by atomic mass is 32.2. The molecule has 18 heavy (non-hydrogen) atoms.